The fourth-order valence-electron chi connectivity index (χ4n) is 4.62. The van der Waals surface area contributed by atoms with E-state index in [9.17, 15) is 4.79 Å². The number of piperazine rings is 1. The SMILES string of the molecule is COc1cccc(-n2cc(-c3cnccn3)c3c(N4CCN(C(=O)OC(C)(C)C)C[C@@H]4C)ncnc32)c1. The predicted molar refractivity (Wildman–Crippen MR) is 141 cm³/mol. The second-order valence-corrected chi connectivity index (χ2v) is 10.1. The van der Waals surface area contributed by atoms with Gasteiger partial charge in [-0.3, -0.25) is 9.97 Å². The number of benzene rings is 1. The Kier molecular flexibility index (Phi) is 6.41. The van der Waals surface area contributed by atoms with Crippen LogP contribution in [0.4, 0.5) is 10.6 Å². The Morgan fingerprint density at radius 1 is 1.11 bits per heavy atom. The van der Waals surface area contributed by atoms with Crippen molar-refractivity contribution in [2.75, 3.05) is 31.6 Å². The summed E-state index contributed by atoms with van der Waals surface area (Å²) in [7, 11) is 1.65. The molecule has 192 valence electrons. The van der Waals surface area contributed by atoms with Gasteiger partial charge in [0.05, 0.1) is 30.1 Å². The van der Waals surface area contributed by atoms with Crippen molar-refractivity contribution in [1.29, 1.82) is 0 Å². The Hall–Kier alpha value is -4.21. The van der Waals surface area contributed by atoms with Crippen LogP contribution >= 0.6 is 0 Å². The third kappa shape index (κ3) is 4.91. The molecule has 1 amide bonds. The summed E-state index contributed by atoms with van der Waals surface area (Å²) in [6, 6.07) is 7.83. The normalized spacial score (nSPS) is 16.2. The minimum atomic E-state index is -0.537. The van der Waals surface area contributed by atoms with Gasteiger partial charge in [0.2, 0.25) is 0 Å². The molecule has 1 aromatic carbocycles. The zero-order chi connectivity index (χ0) is 26.2. The van der Waals surface area contributed by atoms with Gasteiger partial charge in [-0.05, 0) is 39.8 Å². The molecule has 0 saturated carbocycles. The third-order valence-corrected chi connectivity index (χ3v) is 6.28. The molecule has 0 N–H and O–H groups in total. The Morgan fingerprint density at radius 2 is 1.95 bits per heavy atom. The van der Waals surface area contributed by atoms with E-state index in [0.29, 0.717) is 19.6 Å². The third-order valence-electron chi connectivity index (χ3n) is 6.28. The second kappa shape index (κ2) is 9.68. The standard InChI is InChI=1S/C27H31N7O3/c1-18-15-32(26(35)37-27(2,3)4)11-12-33(18)24-23-21(22-14-28-9-10-29-22)16-34(25(23)31-17-30-24)19-7-6-8-20(13-19)36-5/h6-10,13-14,16-18H,11-12,15H2,1-5H3/t18-/m0/s1. The van der Waals surface area contributed by atoms with E-state index in [0.717, 1.165) is 39.5 Å². The molecule has 0 bridgehead atoms. The largest absolute Gasteiger partial charge is 0.497 e. The van der Waals surface area contributed by atoms with Crippen molar-refractivity contribution >= 4 is 22.9 Å². The molecule has 0 radical (unpaired) electrons. The molecule has 10 nitrogen and oxygen atoms in total. The molecule has 1 aliphatic heterocycles. The minimum absolute atomic E-state index is 0.00856. The van der Waals surface area contributed by atoms with E-state index in [2.05, 4.69) is 26.8 Å². The summed E-state index contributed by atoms with van der Waals surface area (Å²) < 4.78 is 13.1. The van der Waals surface area contributed by atoms with Gasteiger partial charge < -0.3 is 23.8 Å². The average Bonchev–Trinajstić information content (AvgIpc) is 3.28. The number of methoxy groups -OCH3 is 1. The number of carbonyl (C=O) groups excluding carboxylic acids is 1. The monoisotopic (exact) mass is 501 g/mol. The van der Waals surface area contributed by atoms with Gasteiger partial charge in [-0.25, -0.2) is 14.8 Å². The van der Waals surface area contributed by atoms with Gasteiger partial charge in [0.15, 0.2) is 5.65 Å². The number of amides is 1. The van der Waals surface area contributed by atoms with Crippen molar-refractivity contribution in [2.45, 2.75) is 39.3 Å². The number of ether oxygens (including phenoxy) is 2. The zero-order valence-corrected chi connectivity index (χ0v) is 21.8. The lowest BCUT2D eigenvalue weighted by molar-refractivity contribution is 0.0218. The smallest absolute Gasteiger partial charge is 0.410 e. The van der Waals surface area contributed by atoms with E-state index in [1.165, 1.54) is 0 Å². The first-order chi connectivity index (χ1) is 17.7. The lowest BCUT2D eigenvalue weighted by Crippen LogP contribution is -2.54. The first-order valence-corrected chi connectivity index (χ1v) is 12.3. The second-order valence-electron chi connectivity index (χ2n) is 10.1. The number of nitrogens with zero attached hydrogens (tertiary/aromatic N) is 7. The van der Waals surface area contributed by atoms with Crippen LogP contribution in [0.1, 0.15) is 27.7 Å². The predicted octanol–water partition coefficient (Wildman–Crippen LogP) is 4.33. The molecule has 3 aromatic heterocycles. The van der Waals surface area contributed by atoms with E-state index in [1.54, 1.807) is 36.9 Å². The molecule has 5 rings (SSSR count). The molecule has 4 aromatic rings. The van der Waals surface area contributed by atoms with Crippen molar-refractivity contribution in [3.8, 4) is 22.7 Å². The summed E-state index contributed by atoms with van der Waals surface area (Å²) in [4.78, 5) is 34.9. The summed E-state index contributed by atoms with van der Waals surface area (Å²) in [6.45, 7) is 9.39. The first-order valence-electron chi connectivity index (χ1n) is 12.3. The molecule has 10 heteroatoms. The van der Waals surface area contributed by atoms with Crippen LogP contribution in [-0.4, -0.2) is 73.9 Å². The van der Waals surface area contributed by atoms with E-state index in [4.69, 9.17) is 14.5 Å². The number of anilines is 1. The summed E-state index contributed by atoms with van der Waals surface area (Å²) in [5, 5.41) is 0.878. The lowest BCUT2D eigenvalue weighted by atomic mass is 10.1. The van der Waals surface area contributed by atoms with Crippen LogP contribution in [0.3, 0.4) is 0 Å². The maximum atomic E-state index is 12.7. The Morgan fingerprint density at radius 3 is 2.65 bits per heavy atom. The zero-order valence-electron chi connectivity index (χ0n) is 21.8. The first kappa shape index (κ1) is 24.5. The highest BCUT2D eigenvalue weighted by molar-refractivity contribution is 6.01. The maximum Gasteiger partial charge on any atom is 0.410 e. The molecule has 0 unspecified atom stereocenters. The molecular formula is C27H31N7O3. The van der Waals surface area contributed by atoms with Crippen LogP contribution in [0.15, 0.2) is 55.4 Å². The number of rotatable bonds is 4. The van der Waals surface area contributed by atoms with Gasteiger partial charge in [0, 0.05) is 55.9 Å². The van der Waals surface area contributed by atoms with E-state index >= 15 is 0 Å². The van der Waals surface area contributed by atoms with Crippen molar-refractivity contribution in [3.63, 3.8) is 0 Å². The highest BCUT2D eigenvalue weighted by Gasteiger charge is 2.32. The summed E-state index contributed by atoms with van der Waals surface area (Å²) in [6.07, 6.45) is 8.38. The number of fused-ring (bicyclic) bond motifs is 1. The molecule has 1 atom stereocenters. The molecule has 1 fully saturated rings. The van der Waals surface area contributed by atoms with Crippen LogP contribution in [0.25, 0.3) is 28.0 Å². The molecule has 0 spiro atoms. The Labute approximate surface area is 215 Å². The van der Waals surface area contributed by atoms with Crippen molar-refractivity contribution < 1.29 is 14.3 Å². The number of hydrogen-bond acceptors (Lipinski definition) is 8. The van der Waals surface area contributed by atoms with Gasteiger partial charge in [-0.2, -0.15) is 0 Å². The maximum absolute atomic E-state index is 12.7. The Bertz CT molecular complexity index is 1410. The van der Waals surface area contributed by atoms with Crippen LogP contribution in [0, 0.1) is 0 Å². The van der Waals surface area contributed by atoms with Crippen LogP contribution < -0.4 is 9.64 Å². The fourth-order valence-corrected chi connectivity index (χ4v) is 4.62. The van der Waals surface area contributed by atoms with Crippen LogP contribution in [-0.2, 0) is 4.74 Å². The van der Waals surface area contributed by atoms with Gasteiger partial charge >= 0.3 is 6.09 Å². The molecule has 1 aliphatic rings. The van der Waals surface area contributed by atoms with Gasteiger partial charge in [0.1, 0.15) is 23.5 Å². The average molecular weight is 502 g/mol. The van der Waals surface area contributed by atoms with Gasteiger partial charge in [-0.1, -0.05) is 6.07 Å². The number of aromatic nitrogens is 5. The van der Waals surface area contributed by atoms with Crippen molar-refractivity contribution in [2.24, 2.45) is 0 Å². The number of hydrogen-bond donors (Lipinski definition) is 0. The van der Waals surface area contributed by atoms with Crippen LogP contribution in [0.2, 0.25) is 0 Å². The van der Waals surface area contributed by atoms with Crippen molar-refractivity contribution in [3.05, 3.63) is 55.4 Å². The van der Waals surface area contributed by atoms with E-state index in [1.807, 2.05) is 55.8 Å². The molecule has 1 saturated heterocycles. The van der Waals surface area contributed by atoms with E-state index in [-0.39, 0.29) is 12.1 Å². The number of carbonyl (C=O) groups is 1. The highest BCUT2D eigenvalue weighted by Crippen LogP contribution is 2.37. The quantitative estimate of drug-likeness (QED) is 0.408. The fraction of sp³-hybridized carbons (Fsp3) is 0.370. The summed E-state index contributed by atoms with van der Waals surface area (Å²) in [5.74, 6) is 1.55. The molecule has 0 aliphatic carbocycles. The van der Waals surface area contributed by atoms with E-state index < -0.39 is 5.60 Å². The summed E-state index contributed by atoms with van der Waals surface area (Å²) >= 11 is 0. The highest BCUT2D eigenvalue weighted by atomic mass is 16.6. The minimum Gasteiger partial charge on any atom is -0.497 e. The van der Waals surface area contributed by atoms with Gasteiger partial charge in [-0.15, -0.1) is 0 Å². The molecular weight excluding hydrogens is 470 g/mol. The Balaban J connectivity index is 1.58. The van der Waals surface area contributed by atoms with Crippen LogP contribution in [0.5, 0.6) is 5.75 Å². The topological polar surface area (TPSA) is 98.5 Å². The lowest BCUT2D eigenvalue weighted by Gasteiger charge is -2.41. The summed E-state index contributed by atoms with van der Waals surface area (Å²) in [5.41, 5.74) is 2.73. The molecule has 4 heterocycles. The molecule has 37 heavy (non-hydrogen) atoms. The van der Waals surface area contributed by atoms with Gasteiger partial charge in [0.25, 0.3) is 0 Å². The van der Waals surface area contributed by atoms with Crippen molar-refractivity contribution in [1.82, 2.24) is 29.4 Å².